The van der Waals surface area contributed by atoms with Gasteiger partial charge in [-0.2, -0.15) is 5.10 Å². The van der Waals surface area contributed by atoms with E-state index in [9.17, 15) is 13.2 Å². The molecule has 1 aliphatic rings. The molecule has 3 aromatic rings. The second-order valence-corrected chi connectivity index (χ2v) is 8.45. The van der Waals surface area contributed by atoms with Gasteiger partial charge in [-0.3, -0.25) is 9.48 Å². The Morgan fingerprint density at radius 3 is 2.84 bits per heavy atom. The van der Waals surface area contributed by atoms with Crippen molar-refractivity contribution in [3.8, 4) is 0 Å². The molecule has 0 saturated carbocycles. The molecule has 8 heteroatoms. The molecule has 1 aromatic carbocycles. The summed E-state index contributed by atoms with van der Waals surface area (Å²) in [7, 11) is -1.45. The first-order valence-corrected chi connectivity index (χ1v) is 9.74. The summed E-state index contributed by atoms with van der Waals surface area (Å²) in [6.07, 6.45) is 3.34. The maximum Gasteiger partial charge on any atom is 0.290 e. The molecule has 3 heterocycles. The number of carbonyl (C=O) groups excluding carboxylic acids is 1. The number of furan rings is 1. The molecule has 0 aliphatic carbocycles. The maximum atomic E-state index is 13.0. The van der Waals surface area contributed by atoms with Gasteiger partial charge in [0.25, 0.3) is 5.91 Å². The topological polar surface area (TPSA) is 85.4 Å². The smallest absolute Gasteiger partial charge is 0.290 e. The van der Waals surface area contributed by atoms with E-state index in [0.29, 0.717) is 11.1 Å². The highest BCUT2D eigenvalue weighted by Gasteiger charge is 2.37. The molecule has 0 unspecified atom stereocenters. The van der Waals surface area contributed by atoms with Crippen LogP contribution in [-0.4, -0.2) is 47.1 Å². The van der Waals surface area contributed by atoms with Gasteiger partial charge in [-0.15, -0.1) is 0 Å². The summed E-state index contributed by atoms with van der Waals surface area (Å²) in [6.45, 7) is 0.137. The minimum atomic E-state index is -3.21. The molecule has 7 nitrogen and oxygen atoms in total. The number of benzene rings is 1. The Labute approximate surface area is 144 Å². The Bertz CT molecular complexity index is 1020. The molecule has 25 heavy (non-hydrogen) atoms. The molecule has 1 amide bonds. The van der Waals surface area contributed by atoms with Gasteiger partial charge >= 0.3 is 0 Å². The van der Waals surface area contributed by atoms with Crippen molar-refractivity contribution in [3.05, 3.63) is 54.0 Å². The number of para-hydroxylation sites is 1. The van der Waals surface area contributed by atoms with Crippen LogP contribution in [0.3, 0.4) is 0 Å². The first kappa shape index (κ1) is 15.9. The zero-order chi connectivity index (χ0) is 17.6. The zero-order valence-corrected chi connectivity index (χ0v) is 14.4. The van der Waals surface area contributed by atoms with E-state index in [-0.39, 0.29) is 29.7 Å². The number of nitrogens with zero attached hydrogens (tertiary/aromatic N) is 3. The molecule has 4 rings (SSSR count). The van der Waals surface area contributed by atoms with Crippen molar-refractivity contribution in [1.29, 1.82) is 0 Å². The first-order chi connectivity index (χ1) is 11.9. The van der Waals surface area contributed by atoms with Gasteiger partial charge in [-0.1, -0.05) is 18.2 Å². The SMILES string of the molecule is Cn1cc([C@H]2CS(=O)(=O)CCN2C(=O)c2cc3ccccc3o2)cn1. The predicted octanol–water partition coefficient (Wildman–Crippen LogP) is 1.78. The van der Waals surface area contributed by atoms with Crippen molar-refractivity contribution >= 4 is 26.7 Å². The van der Waals surface area contributed by atoms with E-state index in [1.54, 1.807) is 41.2 Å². The van der Waals surface area contributed by atoms with Crippen LogP contribution in [0.1, 0.15) is 22.2 Å². The van der Waals surface area contributed by atoms with Gasteiger partial charge in [0.15, 0.2) is 15.6 Å². The lowest BCUT2D eigenvalue weighted by atomic mass is 10.1. The summed E-state index contributed by atoms with van der Waals surface area (Å²) in [5.41, 5.74) is 1.34. The fourth-order valence-electron chi connectivity index (χ4n) is 3.17. The van der Waals surface area contributed by atoms with Crippen LogP contribution >= 0.6 is 0 Å². The Morgan fingerprint density at radius 2 is 2.12 bits per heavy atom. The van der Waals surface area contributed by atoms with E-state index in [2.05, 4.69) is 5.10 Å². The van der Waals surface area contributed by atoms with Crippen molar-refractivity contribution in [3.63, 3.8) is 0 Å². The van der Waals surface area contributed by atoms with E-state index in [0.717, 1.165) is 5.39 Å². The first-order valence-electron chi connectivity index (χ1n) is 7.91. The Morgan fingerprint density at radius 1 is 1.32 bits per heavy atom. The minimum absolute atomic E-state index is 0.0459. The number of hydrogen-bond donors (Lipinski definition) is 0. The van der Waals surface area contributed by atoms with E-state index >= 15 is 0 Å². The third-order valence-corrected chi connectivity index (χ3v) is 6.07. The third kappa shape index (κ3) is 2.93. The van der Waals surface area contributed by atoms with Crippen molar-refractivity contribution in [2.24, 2.45) is 7.05 Å². The number of aryl methyl sites for hydroxylation is 1. The molecule has 1 atom stereocenters. The highest BCUT2D eigenvalue weighted by atomic mass is 32.2. The Balaban J connectivity index is 1.71. The van der Waals surface area contributed by atoms with E-state index in [1.165, 1.54) is 0 Å². The normalized spacial score (nSPS) is 20.0. The molecule has 2 aromatic heterocycles. The second-order valence-electron chi connectivity index (χ2n) is 6.22. The number of fused-ring (bicyclic) bond motifs is 1. The van der Waals surface area contributed by atoms with Crippen LogP contribution in [0.2, 0.25) is 0 Å². The van der Waals surface area contributed by atoms with Crippen LogP contribution in [0.5, 0.6) is 0 Å². The summed E-state index contributed by atoms with van der Waals surface area (Å²) in [5, 5.41) is 4.94. The molecule has 1 aliphatic heterocycles. The lowest BCUT2D eigenvalue weighted by Crippen LogP contribution is -2.46. The highest BCUT2D eigenvalue weighted by Crippen LogP contribution is 2.29. The lowest BCUT2D eigenvalue weighted by molar-refractivity contribution is 0.0667. The van der Waals surface area contributed by atoms with E-state index < -0.39 is 15.9 Å². The molecular formula is C17H17N3O4S. The van der Waals surface area contributed by atoms with E-state index in [4.69, 9.17) is 4.42 Å². The average Bonchev–Trinajstić information content (AvgIpc) is 3.19. The van der Waals surface area contributed by atoms with Crippen molar-refractivity contribution in [2.45, 2.75) is 6.04 Å². The number of amides is 1. The van der Waals surface area contributed by atoms with Crippen LogP contribution in [-0.2, 0) is 16.9 Å². The monoisotopic (exact) mass is 359 g/mol. The van der Waals surface area contributed by atoms with Crippen molar-refractivity contribution in [1.82, 2.24) is 14.7 Å². The molecular weight excluding hydrogens is 342 g/mol. The summed E-state index contributed by atoms with van der Waals surface area (Å²) in [4.78, 5) is 14.5. The van der Waals surface area contributed by atoms with Gasteiger partial charge in [0.2, 0.25) is 0 Å². The largest absolute Gasteiger partial charge is 0.451 e. The standard InChI is InChI=1S/C17H17N3O4S/c1-19-10-13(9-18-19)14-11-25(22,23)7-6-20(14)17(21)16-8-12-4-2-3-5-15(12)24-16/h2-5,8-10,14H,6-7,11H2,1H3/t14-/m1/s1. The van der Waals surface area contributed by atoms with Gasteiger partial charge in [0.05, 0.1) is 23.7 Å². The van der Waals surface area contributed by atoms with Crippen LogP contribution in [0.15, 0.2) is 47.1 Å². The number of aromatic nitrogens is 2. The number of sulfone groups is 1. The van der Waals surface area contributed by atoms with Crippen LogP contribution < -0.4 is 0 Å². The van der Waals surface area contributed by atoms with Crippen molar-refractivity contribution < 1.29 is 17.6 Å². The quantitative estimate of drug-likeness (QED) is 0.696. The van der Waals surface area contributed by atoms with Crippen molar-refractivity contribution in [2.75, 3.05) is 18.1 Å². The molecule has 130 valence electrons. The van der Waals surface area contributed by atoms with Crippen LogP contribution in [0, 0.1) is 0 Å². The van der Waals surface area contributed by atoms with Gasteiger partial charge in [0, 0.05) is 30.7 Å². The van der Waals surface area contributed by atoms with Gasteiger partial charge in [-0.05, 0) is 12.1 Å². The van der Waals surface area contributed by atoms with Gasteiger partial charge < -0.3 is 9.32 Å². The highest BCUT2D eigenvalue weighted by molar-refractivity contribution is 7.91. The Hall–Kier alpha value is -2.61. The molecule has 1 saturated heterocycles. The zero-order valence-electron chi connectivity index (χ0n) is 13.6. The minimum Gasteiger partial charge on any atom is -0.451 e. The van der Waals surface area contributed by atoms with Crippen LogP contribution in [0.4, 0.5) is 0 Å². The number of hydrogen-bond acceptors (Lipinski definition) is 5. The number of rotatable bonds is 2. The second kappa shape index (κ2) is 5.73. The molecule has 1 fully saturated rings. The van der Waals surface area contributed by atoms with Gasteiger partial charge in [-0.25, -0.2) is 8.42 Å². The summed E-state index contributed by atoms with van der Waals surface area (Å²) >= 11 is 0. The van der Waals surface area contributed by atoms with E-state index in [1.807, 2.05) is 18.2 Å². The predicted molar refractivity (Wildman–Crippen MR) is 91.9 cm³/mol. The molecule has 0 bridgehead atoms. The Kier molecular flexibility index (Phi) is 3.64. The lowest BCUT2D eigenvalue weighted by Gasteiger charge is -2.34. The maximum absolute atomic E-state index is 13.0. The van der Waals surface area contributed by atoms with Crippen LogP contribution in [0.25, 0.3) is 11.0 Å². The summed E-state index contributed by atoms with van der Waals surface area (Å²) in [5.74, 6) is -0.241. The third-order valence-electron chi connectivity index (χ3n) is 4.44. The molecule has 0 spiro atoms. The summed E-state index contributed by atoms with van der Waals surface area (Å²) in [6, 6.07) is 8.51. The molecule has 0 radical (unpaired) electrons. The fraction of sp³-hybridized carbons (Fsp3) is 0.294. The fourth-order valence-corrected chi connectivity index (χ4v) is 4.66. The average molecular weight is 359 g/mol. The number of carbonyl (C=O) groups is 1. The molecule has 0 N–H and O–H groups in total. The summed E-state index contributed by atoms with van der Waals surface area (Å²) < 4.78 is 31.5. The van der Waals surface area contributed by atoms with Gasteiger partial charge in [0.1, 0.15) is 5.58 Å².